The van der Waals surface area contributed by atoms with Crippen molar-refractivity contribution in [3.05, 3.63) is 77.9 Å². The zero-order valence-corrected chi connectivity index (χ0v) is 41.4. The van der Waals surface area contributed by atoms with Gasteiger partial charge < -0.3 is 19.1 Å². The number of ether oxygens (including phenoxy) is 3. The number of carbonyl (C=O) groups excluding carboxylic acids is 4. The highest BCUT2D eigenvalue weighted by Gasteiger charge is 2.62. The number of hydrogen-bond donors (Lipinski definition) is 1. The molecule has 1 saturated heterocycles. The number of rotatable bonds is 13. The molecule has 4 fully saturated rings. The number of nitrogens with zero attached hydrogens (tertiary/aromatic N) is 2. The third-order valence-electron chi connectivity index (χ3n) is 16.3. The van der Waals surface area contributed by atoms with E-state index < -0.39 is 61.5 Å². The van der Waals surface area contributed by atoms with E-state index in [0.717, 1.165) is 80.0 Å². The van der Waals surface area contributed by atoms with Gasteiger partial charge in [0.25, 0.3) is 0 Å². The first kappa shape index (κ1) is 48.3. The zero-order valence-electron chi connectivity index (χ0n) is 40.6. The lowest BCUT2D eigenvalue weighted by Gasteiger charge is -2.34. The van der Waals surface area contributed by atoms with Crippen LogP contribution in [-0.4, -0.2) is 78.0 Å². The Morgan fingerprint density at radius 1 is 0.971 bits per heavy atom. The minimum Gasteiger partial charge on any atom is -0.492 e. The van der Waals surface area contributed by atoms with Crippen LogP contribution in [0.1, 0.15) is 153 Å². The van der Waals surface area contributed by atoms with Gasteiger partial charge in [-0.1, -0.05) is 76.1 Å². The predicted octanol–water partition coefficient (Wildman–Crippen LogP) is 9.50. The lowest BCUT2D eigenvalue weighted by atomic mass is 9.77. The topological polar surface area (TPSA) is 158 Å². The van der Waals surface area contributed by atoms with Crippen molar-refractivity contribution in [2.24, 2.45) is 28.6 Å². The number of unbranched alkanes of at least 4 members (excludes halogenated alkanes) is 1. The Morgan fingerprint density at radius 2 is 1.75 bits per heavy atom. The molecule has 13 heteroatoms. The van der Waals surface area contributed by atoms with Gasteiger partial charge in [-0.25, -0.2) is 13.4 Å². The molecule has 0 spiro atoms. The van der Waals surface area contributed by atoms with Crippen LogP contribution in [0.5, 0.6) is 11.6 Å². The summed E-state index contributed by atoms with van der Waals surface area (Å²) in [6.45, 7) is 11.8. The zero-order chi connectivity index (χ0) is 48.0. The molecule has 1 aromatic heterocycles. The summed E-state index contributed by atoms with van der Waals surface area (Å²) in [5.74, 6) is -1.05. The van der Waals surface area contributed by atoms with Crippen molar-refractivity contribution in [1.82, 2.24) is 14.6 Å². The largest absolute Gasteiger partial charge is 0.492 e. The molecule has 9 rings (SSSR count). The number of ketones is 1. The lowest BCUT2D eigenvalue weighted by Crippen LogP contribution is -2.49. The third-order valence-corrected chi connectivity index (χ3v) is 18.5. The number of benzene rings is 2. The fraction of sp³-hybridized carbons (Fsp3) is 0.618. The van der Waals surface area contributed by atoms with Crippen molar-refractivity contribution in [1.29, 1.82) is 0 Å². The second-order valence-electron chi connectivity index (χ2n) is 22.3. The maximum absolute atomic E-state index is 15.0. The number of fused-ring (bicyclic) bond motifs is 6. The Bertz CT molecular complexity index is 2550. The Balaban J connectivity index is 1.01. The molecule has 2 aromatic carbocycles. The molecule has 68 heavy (non-hydrogen) atoms. The fourth-order valence-electron chi connectivity index (χ4n) is 11.4. The summed E-state index contributed by atoms with van der Waals surface area (Å²) in [6.07, 6.45) is 13.5. The lowest BCUT2D eigenvalue weighted by molar-refractivity contribution is -0.154. The van der Waals surface area contributed by atoms with Crippen molar-refractivity contribution in [2.45, 2.75) is 172 Å². The predicted molar refractivity (Wildman–Crippen MR) is 261 cm³/mol. The molecule has 2 aliphatic heterocycles. The smallest absolute Gasteiger partial charge is 0.306 e. The molecule has 3 aromatic rings. The molecule has 8 atom stereocenters. The molecule has 0 radical (unpaired) electrons. The quantitative estimate of drug-likeness (QED) is 0.0994. The number of amides is 2. The number of sulfonamides is 1. The van der Waals surface area contributed by atoms with Gasteiger partial charge in [0.15, 0.2) is 5.78 Å². The van der Waals surface area contributed by atoms with E-state index in [9.17, 15) is 22.8 Å². The maximum Gasteiger partial charge on any atom is 0.306 e. The highest BCUT2D eigenvalue weighted by atomic mass is 32.2. The molecule has 3 heterocycles. The molecular formula is C55H71N3O9S. The molecule has 6 aliphatic rings. The van der Waals surface area contributed by atoms with Crippen molar-refractivity contribution < 1.29 is 41.8 Å². The SMILES string of the molecule is C=C[C@@H]1C[C@]1(CC(=O)[C@@H]1C[C@@H]2CN1C(=O)[C@H](C(C)(C)C)CC(=O)O[C@@H]1C[C@H]1CCCCCc1c(nc3ccccc3c1OCCCCC1CCCc3ccccc31)O2)C(=O)NS(=O)(=O)C1(C)CC1. The Labute approximate surface area is 402 Å². The summed E-state index contributed by atoms with van der Waals surface area (Å²) in [4.78, 5) is 64.1. The van der Waals surface area contributed by atoms with Gasteiger partial charge in [0, 0.05) is 18.2 Å². The van der Waals surface area contributed by atoms with E-state index in [-0.39, 0.29) is 50.0 Å². The van der Waals surface area contributed by atoms with E-state index in [0.29, 0.717) is 43.6 Å². The Morgan fingerprint density at radius 3 is 2.51 bits per heavy atom. The first-order valence-corrected chi connectivity index (χ1v) is 27.0. The standard InChI is InChI=1S/C55H71N3O9S/c1-6-38-32-55(38,52(62)57-68(63,64)54(5)26-27-54)33-46(59)45-30-39-34-58(45)51(61)43(53(2,3)4)31-48(60)67-47-29-37(47)19-8-7-9-24-42-49(41-23-12-13-25-44(41)56-50(42)66-39)65-28-15-14-18-36-21-16-20-35-17-10-11-22-40(35)36/h6,10-13,17,22-23,25,36-39,43,45,47H,1,7-9,14-16,18-21,24,26-34H2,2-5H3,(H,57,62)/t36?,37-,38-,39-,43-,45+,47-,55-/m1/s1. The van der Waals surface area contributed by atoms with E-state index in [2.05, 4.69) is 35.6 Å². The summed E-state index contributed by atoms with van der Waals surface area (Å²) in [6, 6.07) is 15.8. The number of pyridine rings is 1. The average molecular weight is 950 g/mol. The van der Waals surface area contributed by atoms with E-state index in [4.69, 9.17) is 19.2 Å². The summed E-state index contributed by atoms with van der Waals surface area (Å²) in [5.41, 5.74) is 2.58. The molecule has 2 bridgehead atoms. The van der Waals surface area contributed by atoms with Crippen LogP contribution >= 0.6 is 0 Å². The van der Waals surface area contributed by atoms with Crippen molar-refractivity contribution >= 4 is 44.5 Å². The number of allylic oxidation sites excluding steroid dienone is 1. The third kappa shape index (κ3) is 10.1. The van der Waals surface area contributed by atoms with Crippen molar-refractivity contribution in [3.8, 4) is 11.6 Å². The van der Waals surface area contributed by atoms with E-state index in [1.807, 2.05) is 45.0 Å². The minimum absolute atomic E-state index is 0.0484. The number of carbonyl (C=O) groups is 4. The van der Waals surface area contributed by atoms with Crippen molar-refractivity contribution in [3.63, 3.8) is 0 Å². The van der Waals surface area contributed by atoms with Gasteiger partial charge in [-0.05, 0) is 137 Å². The highest BCUT2D eigenvalue weighted by Crippen LogP contribution is 2.57. The highest BCUT2D eigenvalue weighted by molar-refractivity contribution is 7.91. The molecule has 1 unspecified atom stereocenters. The molecule has 4 aliphatic carbocycles. The summed E-state index contributed by atoms with van der Waals surface area (Å²) in [7, 11) is -3.97. The number of esters is 1. The van der Waals surface area contributed by atoms with Crippen LogP contribution in [0.2, 0.25) is 0 Å². The summed E-state index contributed by atoms with van der Waals surface area (Å²) in [5, 5.41) is 0.910. The van der Waals surface area contributed by atoms with E-state index in [1.165, 1.54) is 24.0 Å². The van der Waals surface area contributed by atoms with Gasteiger partial charge in [-0.2, -0.15) is 0 Å². The van der Waals surface area contributed by atoms with Gasteiger partial charge in [0.1, 0.15) is 18.0 Å². The van der Waals surface area contributed by atoms with Crippen molar-refractivity contribution in [2.75, 3.05) is 13.2 Å². The number of aromatic nitrogens is 1. The van der Waals surface area contributed by atoms with Gasteiger partial charge in [0.2, 0.25) is 27.7 Å². The second kappa shape index (κ2) is 19.2. The summed E-state index contributed by atoms with van der Waals surface area (Å²) >= 11 is 0. The van der Waals surface area contributed by atoms with Gasteiger partial charge in [0.05, 0.1) is 52.8 Å². The van der Waals surface area contributed by atoms with Crippen LogP contribution < -0.4 is 14.2 Å². The minimum atomic E-state index is -3.97. The van der Waals surface area contributed by atoms with E-state index in [1.54, 1.807) is 17.9 Å². The van der Waals surface area contributed by atoms with Gasteiger partial charge >= 0.3 is 5.97 Å². The van der Waals surface area contributed by atoms with Crippen LogP contribution in [0.3, 0.4) is 0 Å². The van der Waals surface area contributed by atoms with Crippen LogP contribution in [0.15, 0.2) is 61.2 Å². The monoisotopic (exact) mass is 949 g/mol. The molecule has 12 nitrogen and oxygen atoms in total. The van der Waals surface area contributed by atoms with Crippen LogP contribution in [-0.2, 0) is 46.8 Å². The molecular weight excluding hydrogens is 879 g/mol. The fourth-order valence-corrected chi connectivity index (χ4v) is 12.7. The van der Waals surface area contributed by atoms with Crippen LogP contribution in [0.25, 0.3) is 10.9 Å². The van der Waals surface area contributed by atoms with Crippen LogP contribution in [0, 0.1) is 28.6 Å². The average Bonchev–Trinajstić information content (AvgIpc) is 4.27. The molecule has 2 amide bonds. The van der Waals surface area contributed by atoms with Crippen LogP contribution in [0.4, 0.5) is 0 Å². The first-order chi connectivity index (χ1) is 32.5. The Kier molecular flexibility index (Phi) is 13.6. The maximum atomic E-state index is 15.0. The van der Waals surface area contributed by atoms with E-state index >= 15 is 4.79 Å². The molecule has 366 valence electrons. The first-order valence-electron chi connectivity index (χ1n) is 25.5. The number of para-hydroxylation sites is 1. The number of aryl methyl sites for hydroxylation is 1. The number of nitrogens with one attached hydrogen (secondary N) is 1. The number of hydrogen-bond acceptors (Lipinski definition) is 10. The summed E-state index contributed by atoms with van der Waals surface area (Å²) < 4.78 is 47.6. The Hall–Kier alpha value is -4.78. The number of Topliss-reactive ketones (excluding diaryl/α,β-unsaturated/α-hetero) is 1. The van der Waals surface area contributed by atoms with Gasteiger partial charge in [-0.15, -0.1) is 6.58 Å². The molecule has 1 N–H and O–H groups in total. The van der Waals surface area contributed by atoms with Gasteiger partial charge in [-0.3, -0.25) is 23.9 Å². The molecule has 3 saturated carbocycles. The second-order valence-corrected chi connectivity index (χ2v) is 24.5. The normalized spacial score (nSPS) is 29.2.